The van der Waals surface area contributed by atoms with E-state index in [4.69, 9.17) is 0 Å². The first-order valence-electron chi connectivity index (χ1n) is 4.58. The maximum absolute atomic E-state index is 11.0. The summed E-state index contributed by atoms with van der Waals surface area (Å²) in [5.74, 6) is 1.16. The number of hydrogen-bond acceptors (Lipinski definition) is 2. The van der Waals surface area contributed by atoms with E-state index in [2.05, 4.69) is 6.58 Å². The van der Waals surface area contributed by atoms with Gasteiger partial charge in [0.15, 0.2) is 5.78 Å². The molecule has 0 spiro atoms. The van der Waals surface area contributed by atoms with Gasteiger partial charge in [-0.1, -0.05) is 18.2 Å². The Morgan fingerprint density at radius 3 is 2.57 bits per heavy atom. The van der Waals surface area contributed by atoms with Crippen LogP contribution in [0.5, 0.6) is 0 Å². The van der Waals surface area contributed by atoms with E-state index >= 15 is 0 Å². The number of allylic oxidation sites excluding steroid dienone is 1. The predicted octanol–water partition coefficient (Wildman–Crippen LogP) is 3.56. The lowest BCUT2D eigenvalue weighted by Crippen LogP contribution is -1.90. The van der Waals surface area contributed by atoms with Crippen molar-refractivity contribution in [3.05, 3.63) is 42.5 Å². The van der Waals surface area contributed by atoms with Crippen molar-refractivity contribution in [2.45, 2.75) is 18.2 Å². The number of Topliss-reactive ketones (excluding diaryl/α,β-unsaturated/α-hetero) is 1. The van der Waals surface area contributed by atoms with Gasteiger partial charge in [-0.2, -0.15) is 0 Å². The average molecular weight is 206 g/mol. The van der Waals surface area contributed by atoms with Crippen LogP contribution in [0, 0.1) is 0 Å². The first-order valence-corrected chi connectivity index (χ1v) is 5.57. The Balaban J connectivity index is 2.55. The second kappa shape index (κ2) is 5.66. The average Bonchev–Trinajstić information content (AvgIpc) is 2.19. The van der Waals surface area contributed by atoms with E-state index in [9.17, 15) is 4.79 Å². The van der Waals surface area contributed by atoms with E-state index in [1.807, 2.05) is 30.3 Å². The van der Waals surface area contributed by atoms with Crippen LogP contribution in [0.15, 0.2) is 41.8 Å². The van der Waals surface area contributed by atoms with Crippen LogP contribution in [0.4, 0.5) is 0 Å². The molecule has 14 heavy (non-hydrogen) atoms. The molecular formula is C12H14OS. The molecule has 0 heterocycles. The smallest absolute Gasteiger partial charge is 0.159 e. The van der Waals surface area contributed by atoms with Crippen LogP contribution in [0.25, 0.3) is 0 Å². The van der Waals surface area contributed by atoms with Crippen molar-refractivity contribution in [3.63, 3.8) is 0 Å². The largest absolute Gasteiger partial charge is 0.295 e. The lowest BCUT2D eigenvalue weighted by atomic mass is 10.2. The highest BCUT2D eigenvalue weighted by Crippen LogP contribution is 2.19. The summed E-state index contributed by atoms with van der Waals surface area (Å²) in [6.45, 7) is 5.25. The fourth-order valence-corrected chi connectivity index (χ4v) is 1.89. The summed E-state index contributed by atoms with van der Waals surface area (Å²) in [6, 6.07) is 7.73. The van der Waals surface area contributed by atoms with Crippen LogP contribution >= 0.6 is 11.8 Å². The van der Waals surface area contributed by atoms with E-state index in [0.717, 1.165) is 17.7 Å². The molecule has 0 N–H and O–H groups in total. The highest BCUT2D eigenvalue weighted by Gasteiger charge is 1.98. The van der Waals surface area contributed by atoms with Crippen LogP contribution in [0.1, 0.15) is 23.7 Å². The number of benzene rings is 1. The maximum atomic E-state index is 11.0. The highest BCUT2D eigenvalue weighted by molar-refractivity contribution is 7.99. The third kappa shape index (κ3) is 3.38. The lowest BCUT2D eigenvalue weighted by molar-refractivity contribution is 0.101. The van der Waals surface area contributed by atoms with Crippen molar-refractivity contribution in [3.8, 4) is 0 Å². The summed E-state index contributed by atoms with van der Waals surface area (Å²) in [4.78, 5) is 12.2. The second-order valence-corrected chi connectivity index (χ2v) is 4.17. The van der Waals surface area contributed by atoms with Gasteiger partial charge in [-0.15, -0.1) is 18.3 Å². The molecular weight excluding hydrogens is 192 g/mol. The van der Waals surface area contributed by atoms with Gasteiger partial charge >= 0.3 is 0 Å². The van der Waals surface area contributed by atoms with E-state index in [1.165, 1.54) is 4.90 Å². The van der Waals surface area contributed by atoms with E-state index in [0.29, 0.717) is 0 Å². The zero-order chi connectivity index (χ0) is 10.4. The Labute approximate surface area is 89.2 Å². The van der Waals surface area contributed by atoms with Crippen molar-refractivity contribution in [1.29, 1.82) is 0 Å². The molecule has 0 amide bonds. The molecule has 1 nitrogen and oxygen atoms in total. The zero-order valence-electron chi connectivity index (χ0n) is 8.32. The SMILES string of the molecule is C=CCCSc1ccc(C(C)=O)cc1. The number of thioether (sulfide) groups is 1. The summed E-state index contributed by atoms with van der Waals surface area (Å²) in [5.41, 5.74) is 0.776. The summed E-state index contributed by atoms with van der Waals surface area (Å²) in [7, 11) is 0. The molecule has 1 rings (SSSR count). The molecule has 0 atom stereocenters. The Morgan fingerprint density at radius 1 is 1.43 bits per heavy atom. The molecule has 74 valence electrons. The molecule has 0 unspecified atom stereocenters. The molecule has 0 aromatic heterocycles. The van der Waals surface area contributed by atoms with Crippen LogP contribution in [-0.4, -0.2) is 11.5 Å². The van der Waals surface area contributed by atoms with Crippen LogP contribution in [-0.2, 0) is 0 Å². The summed E-state index contributed by atoms with van der Waals surface area (Å²) < 4.78 is 0. The van der Waals surface area contributed by atoms with Gasteiger partial charge in [0.05, 0.1) is 0 Å². The molecule has 0 bridgehead atoms. The lowest BCUT2D eigenvalue weighted by Gasteiger charge is -2.00. The molecule has 0 saturated carbocycles. The van der Waals surface area contributed by atoms with Gasteiger partial charge in [0, 0.05) is 16.2 Å². The number of carbonyl (C=O) groups excluding carboxylic acids is 1. The fraction of sp³-hybridized carbons (Fsp3) is 0.250. The minimum absolute atomic E-state index is 0.118. The monoisotopic (exact) mass is 206 g/mol. The van der Waals surface area contributed by atoms with Crippen LogP contribution in [0.2, 0.25) is 0 Å². The van der Waals surface area contributed by atoms with Crippen molar-refractivity contribution in [1.82, 2.24) is 0 Å². The van der Waals surface area contributed by atoms with Gasteiger partial charge in [-0.3, -0.25) is 4.79 Å². The second-order valence-electron chi connectivity index (χ2n) is 3.01. The number of rotatable bonds is 5. The first kappa shape index (κ1) is 11.1. The highest BCUT2D eigenvalue weighted by atomic mass is 32.2. The minimum atomic E-state index is 0.118. The number of carbonyl (C=O) groups is 1. The standard InChI is InChI=1S/C12H14OS/c1-3-4-9-14-12-7-5-11(6-8-12)10(2)13/h3,5-8H,1,4,9H2,2H3. The van der Waals surface area contributed by atoms with Gasteiger partial charge in [0.2, 0.25) is 0 Å². The molecule has 0 radical (unpaired) electrons. The van der Waals surface area contributed by atoms with E-state index in [1.54, 1.807) is 18.7 Å². The Morgan fingerprint density at radius 2 is 2.07 bits per heavy atom. The molecule has 0 fully saturated rings. The Bertz CT molecular complexity index is 314. The summed E-state index contributed by atoms with van der Waals surface area (Å²) in [5, 5.41) is 0. The third-order valence-corrected chi connectivity index (χ3v) is 2.90. The molecule has 0 aliphatic heterocycles. The summed E-state index contributed by atoms with van der Waals surface area (Å²) >= 11 is 1.78. The molecule has 1 aromatic rings. The van der Waals surface area contributed by atoms with Crippen molar-refractivity contribution in [2.75, 3.05) is 5.75 Å². The van der Waals surface area contributed by atoms with E-state index < -0.39 is 0 Å². The van der Waals surface area contributed by atoms with Gasteiger partial charge in [0.1, 0.15) is 0 Å². The molecule has 2 heteroatoms. The quantitative estimate of drug-likeness (QED) is 0.317. The van der Waals surface area contributed by atoms with Crippen molar-refractivity contribution in [2.24, 2.45) is 0 Å². The van der Waals surface area contributed by atoms with Gasteiger partial charge in [0.25, 0.3) is 0 Å². The number of ketones is 1. The molecule has 0 saturated heterocycles. The van der Waals surface area contributed by atoms with Crippen molar-refractivity contribution >= 4 is 17.5 Å². The van der Waals surface area contributed by atoms with E-state index in [-0.39, 0.29) is 5.78 Å². The minimum Gasteiger partial charge on any atom is -0.295 e. The maximum Gasteiger partial charge on any atom is 0.159 e. The Kier molecular flexibility index (Phi) is 4.47. The van der Waals surface area contributed by atoms with Crippen molar-refractivity contribution < 1.29 is 4.79 Å². The van der Waals surface area contributed by atoms with Gasteiger partial charge < -0.3 is 0 Å². The normalized spacial score (nSPS) is 9.79. The first-order chi connectivity index (χ1) is 6.74. The topological polar surface area (TPSA) is 17.1 Å². The predicted molar refractivity (Wildman–Crippen MR) is 62.0 cm³/mol. The summed E-state index contributed by atoms with van der Waals surface area (Å²) in [6.07, 6.45) is 2.93. The van der Waals surface area contributed by atoms with Crippen LogP contribution in [0.3, 0.4) is 0 Å². The third-order valence-electron chi connectivity index (χ3n) is 1.85. The fourth-order valence-electron chi connectivity index (χ4n) is 1.05. The zero-order valence-corrected chi connectivity index (χ0v) is 9.14. The molecule has 0 aliphatic rings. The van der Waals surface area contributed by atoms with Crippen LogP contribution < -0.4 is 0 Å². The van der Waals surface area contributed by atoms with Gasteiger partial charge in [-0.05, 0) is 25.5 Å². The molecule has 0 aliphatic carbocycles. The Hall–Kier alpha value is -1.02. The molecule has 1 aromatic carbocycles. The van der Waals surface area contributed by atoms with Gasteiger partial charge in [-0.25, -0.2) is 0 Å². The number of hydrogen-bond donors (Lipinski definition) is 0.